The minimum atomic E-state index is -0.895. The number of esters is 1. The van der Waals surface area contributed by atoms with Crippen LogP contribution in [-0.2, 0) is 14.2 Å². The minimum absolute atomic E-state index is 0.205. The lowest BCUT2D eigenvalue weighted by atomic mass is 10.2. The summed E-state index contributed by atoms with van der Waals surface area (Å²) >= 11 is 0. The van der Waals surface area contributed by atoms with Crippen LogP contribution in [0.5, 0.6) is 0 Å². The quantitative estimate of drug-likeness (QED) is 0.592. The molecule has 0 fully saturated rings. The highest BCUT2D eigenvalue weighted by atomic mass is 16.8. The van der Waals surface area contributed by atoms with Crippen LogP contribution in [0.3, 0.4) is 0 Å². The third-order valence-electron chi connectivity index (χ3n) is 3.11. The molecular formula is C16H19N3O5. The van der Waals surface area contributed by atoms with Gasteiger partial charge >= 0.3 is 12.1 Å². The molecule has 1 atom stereocenters. The van der Waals surface area contributed by atoms with Crippen molar-refractivity contribution in [3.05, 3.63) is 48.3 Å². The highest BCUT2D eigenvalue weighted by molar-refractivity contribution is 5.87. The number of hydrogen-bond donors (Lipinski definition) is 0. The molecule has 0 aromatic carbocycles. The van der Waals surface area contributed by atoms with Gasteiger partial charge < -0.3 is 18.8 Å². The van der Waals surface area contributed by atoms with Crippen LogP contribution in [0.2, 0.25) is 0 Å². The minimum Gasteiger partial charge on any atom is -0.431 e. The Kier molecular flexibility index (Phi) is 5.89. The first-order valence-corrected chi connectivity index (χ1v) is 7.42. The van der Waals surface area contributed by atoms with Gasteiger partial charge in [-0.05, 0) is 32.9 Å². The van der Waals surface area contributed by atoms with Crippen molar-refractivity contribution in [3.8, 4) is 0 Å². The fraction of sp³-hybridized carbons (Fsp3) is 0.375. The number of hydrogen-bond acceptors (Lipinski definition) is 7. The lowest BCUT2D eigenvalue weighted by molar-refractivity contribution is -0.0350. The highest BCUT2D eigenvalue weighted by Crippen LogP contribution is 2.17. The monoisotopic (exact) mass is 333 g/mol. The summed E-state index contributed by atoms with van der Waals surface area (Å²) in [6, 6.07) is 5.32. The zero-order chi connectivity index (χ0) is 17.5. The van der Waals surface area contributed by atoms with Gasteiger partial charge in [0.05, 0.1) is 30.4 Å². The number of carbonyl (C=O) groups is 2. The third-order valence-corrected chi connectivity index (χ3v) is 3.11. The maximum Gasteiger partial charge on any atom is 0.511 e. The molecule has 0 spiro atoms. The first kappa shape index (κ1) is 17.5. The molecule has 0 unspecified atom stereocenters. The van der Waals surface area contributed by atoms with E-state index in [0.29, 0.717) is 0 Å². The predicted octanol–water partition coefficient (Wildman–Crippen LogP) is 2.56. The maximum atomic E-state index is 12.1. The van der Waals surface area contributed by atoms with Crippen LogP contribution in [0.4, 0.5) is 4.79 Å². The predicted molar refractivity (Wildman–Crippen MR) is 83.3 cm³/mol. The molecule has 0 radical (unpaired) electrons. The SMILES string of the molecule is CC(C)OC(=O)OCOC(=O)c1cncn1[C@H](C)c1ccccn1. The fourth-order valence-corrected chi connectivity index (χ4v) is 1.97. The number of ether oxygens (including phenoxy) is 3. The van der Waals surface area contributed by atoms with Crippen molar-refractivity contribution >= 4 is 12.1 Å². The standard InChI is InChI=1S/C16H19N3O5/c1-11(2)24-16(21)23-10-22-15(20)14-8-17-9-19(14)12(3)13-6-4-5-7-18-13/h4-9,11-12H,10H2,1-3H3/t12-/m1/s1. The molecule has 2 aromatic rings. The first-order valence-electron chi connectivity index (χ1n) is 7.42. The second-order valence-electron chi connectivity index (χ2n) is 5.23. The van der Waals surface area contributed by atoms with Gasteiger partial charge in [-0.15, -0.1) is 0 Å². The van der Waals surface area contributed by atoms with Gasteiger partial charge in [-0.25, -0.2) is 14.6 Å². The molecule has 2 rings (SSSR count). The van der Waals surface area contributed by atoms with Crippen LogP contribution in [-0.4, -0.2) is 39.6 Å². The van der Waals surface area contributed by atoms with Gasteiger partial charge in [-0.2, -0.15) is 0 Å². The van der Waals surface area contributed by atoms with Gasteiger partial charge in [-0.3, -0.25) is 4.98 Å². The number of aromatic nitrogens is 3. The summed E-state index contributed by atoms with van der Waals surface area (Å²) in [6.45, 7) is 4.72. The Morgan fingerprint density at radius 1 is 1.21 bits per heavy atom. The van der Waals surface area contributed by atoms with Gasteiger partial charge in [0.25, 0.3) is 0 Å². The van der Waals surface area contributed by atoms with E-state index in [1.807, 2.05) is 25.1 Å². The van der Waals surface area contributed by atoms with E-state index in [9.17, 15) is 9.59 Å². The van der Waals surface area contributed by atoms with Gasteiger partial charge in [0.15, 0.2) is 0 Å². The van der Waals surface area contributed by atoms with Crippen molar-refractivity contribution in [1.82, 2.24) is 14.5 Å². The summed E-state index contributed by atoms with van der Waals surface area (Å²) in [4.78, 5) is 31.6. The zero-order valence-corrected chi connectivity index (χ0v) is 13.7. The average molecular weight is 333 g/mol. The van der Waals surface area contributed by atoms with E-state index < -0.39 is 18.9 Å². The molecule has 2 aromatic heterocycles. The highest BCUT2D eigenvalue weighted by Gasteiger charge is 2.19. The van der Waals surface area contributed by atoms with Crippen LogP contribution in [0.15, 0.2) is 36.9 Å². The van der Waals surface area contributed by atoms with E-state index in [4.69, 9.17) is 9.47 Å². The van der Waals surface area contributed by atoms with Crippen LogP contribution in [0.1, 0.15) is 43.0 Å². The van der Waals surface area contributed by atoms with E-state index in [0.717, 1.165) is 5.69 Å². The molecule has 8 nitrogen and oxygen atoms in total. The summed E-state index contributed by atoms with van der Waals surface area (Å²) < 4.78 is 16.0. The Labute approximate surface area is 139 Å². The van der Waals surface area contributed by atoms with Gasteiger partial charge in [0.2, 0.25) is 6.79 Å². The van der Waals surface area contributed by atoms with Gasteiger partial charge in [0, 0.05) is 6.20 Å². The molecule has 0 saturated heterocycles. The number of rotatable bonds is 6. The Balaban J connectivity index is 1.97. The Morgan fingerprint density at radius 3 is 2.67 bits per heavy atom. The van der Waals surface area contributed by atoms with Crippen molar-refractivity contribution in [3.63, 3.8) is 0 Å². The number of carbonyl (C=O) groups excluding carboxylic acids is 2. The Hall–Kier alpha value is -2.90. The zero-order valence-electron chi connectivity index (χ0n) is 13.7. The van der Waals surface area contributed by atoms with E-state index >= 15 is 0 Å². The molecule has 8 heteroatoms. The number of nitrogens with zero attached hydrogens (tertiary/aromatic N) is 3. The lowest BCUT2D eigenvalue weighted by Crippen LogP contribution is -2.19. The Bertz CT molecular complexity index is 684. The molecule has 0 saturated carbocycles. The van der Waals surface area contributed by atoms with Crippen LogP contribution in [0.25, 0.3) is 0 Å². The van der Waals surface area contributed by atoms with E-state index in [2.05, 4.69) is 14.7 Å². The first-order chi connectivity index (χ1) is 11.5. The van der Waals surface area contributed by atoms with Gasteiger partial charge in [-0.1, -0.05) is 6.07 Å². The molecule has 0 amide bonds. The van der Waals surface area contributed by atoms with Crippen LogP contribution in [0, 0.1) is 0 Å². The number of imidazole rings is 1. The fourth-order valence-electron chi connectivity index (χ4n) is 1.97. The molecule has 0 aliphatic carbocycles. The Morgan fingerprint density at radius 2 is 2.00 bits per heavy atom. The van der Waals surface area contributed by atoms with Crippen molar-refractivity contribution in [2.45, 2.75) is 32.9 Å². The summed E-state index contributed by atoms with van der Waals surface area (Å²) in [6.07, 6.45) is 3.37. The number of pyridine rings is 1. The van der Waals surface area contributed by atoms with Crippen molar-refractivity contribution in [2.24, 2.45) is 0 Å². The summed E-state index contributed by atoms with van der Waals surface area (Å²) in [5.74, 6) is -0.660. The molecular weight excluding hydrogens is 314 g/mol. The van der Waals surface area contributed by atoms with E-state index in [1.165, 1.54) is 12.5 Å². The molecule has 0 aliphatic rings. The smallest absolute Gasteiger partial charge is 0.431 e. The molecule has 0 aliphatic heterocycles. The molecule has 24 heavy (non-hydrogen) atoms. The second-order valence-corrected chi connectivity index (χ2v) is 5.23. The van der Waals surface area contributed by atoms with Crippen LogP contribution >= 0.6 is 0 Å². The molecule has 128 valence electrons. The lowest BCUT2D eigenvalue weighted by Gasteiger charge is -2.15. The largest absolute Gasteiger partial charge is 0.511 e. The summed E-state index contributed by atoms with van der Waals surface area (Å²) in [5, 5.41) is 0. The van der Waals surface area contributed by atoms with E-state index in [-0.39, 0.29) is 17.8 Å². The normalized spacial score (nSPS) is 11.8. The maximum absolute atomic E-state index is 12.1. The van der Waals surface area contributed by atoms with Crippen molar-refractivity contribution in [1.29, 1.82) is 0 Å². The average Bonchev–Trinajstić information content (AvgIpc) is 3.03. The molecule has 2 heterocycles. The van der Waals surface area contributed by atoms with Crippen molar-refractivity contribution < 1.29 is 23.8 Å². The van der Waals surface area contributed by atoms with Crippen LogP contribution < -0.4 is 0 Å². The summed E-state index contributed by atoms with van der Waals surface area (Å²) in [5.41, 5.74) is 1.01. The molecule has 0 bridgehead atoms. The van der Waals surface area contributed by atoms with Gasteiger partial charge in [0.1, 0.15) is 5.69 Å². The third kappa shape index (κ3) is 4.55. The van der Waals surface area contributed by atoms with E-state index in [1.54, 1.807) is 24.6 Å². The second kappa shape index (κ2) is 8.09. The molecule has 0 N–H and O–H groups in total. The van der Waals surface area contributed by atoms with Crippen molar-refractivity contribution in [2.75, 3.05) is 6.79 Å². The summed E-state index contributed by atoms with van der Waals surface area (Å²) in [7, 11) is 0. The topological polar surface area (TPSA) is 92.5 Å².